The van der Waals surface area contributed by atoms with Gasteiger partial charge in [0.1, 0.15) is 11.5 Å². The summed E-state index contributed by atoms with van der Waals surface area (Å²) in [7, 11) is 0. The van der Waals surface area contributed by atoms with Gasteiger partial charge in [-0.3, -0.25) is 9.78 Å². The summed E-state index contributed by atoms with van der Waals surface area (Å²) in [6.07, 6.45) is 6.06. The fourth-order valence-electron chi connectivity index (χ4n) is 2.40. The minimum Gasteiger partial charge on any atom is -0.469 e. The van der Waals surface area contributed by atoms with Gasteiger partial charge in [0.05, 0.1) is 12.3 Å². The van der Waals surface area contributed by atoms with Crippen LogP contribution in [0.2, 0.25) is 5.02 Å². The van der Waals surface area contributed by atoms with Gasteiger partial charge in [-0.2, -0.15) is 0 Å². The molecule has 4 nitrogen and oxygen atoms in total. The minimum absolute atomic E-state index is 0.00391. The monoisotopic (exact) mass is 276 g/mol. The molecule has 1 atom stereocenters. The van der Waals surface area contributed by atoms with Gasteiger partial charge in [-0.25, -0.2) is 0 Å². The molecule has 0 fully saturated rings. The lowest BCUT2D eigenvalue weighted by atomic mass is 9.93. The molecule has 2 heterocycles. The van der Waals surface area contributed by atoms with Gasteiger partial charge < -0.3 is 9.73 Å². The van der Waals surface area contributed by atoms with Crippen LogP contribution in [-0.4, -0.2) is 10.9 Å². The van der Waals surface area contributed by atoms with E-state index in [4.69, 9.17) is 16.0 Å². The first-order chi connectivity index (χ1) is 9.24. The third-order valence-corrected chi connectivity index (χ3v) is 3.55. The number of fused-ring (bicyclic) bond motifs is 1. The van der Waals surface area contributed by atoms with Crippen molar-refractivity contribution < 1.29 is 9.21 Å². The molecule has 1 aliphatic carbocycles. The fraction of sp³-hybridized carbons (Fsp3) is 0.286. The number of rotatable bonds is 2. The van der Waals surface area contributed by atoms with E-state index < -0.39 is 0 Å². The molecule has 1 amide bonds. The van der Waals surface area contributed by atoms with Crippen LogP contribution in [-0.2, 0) is 6.42 Å². The summed E-state index contributed by atoms with van der Waals surface area (Å²) in [6.45, 7) is 0. The van der Waals surface area contributed by atoms with Crippen molar-refractivity contribution in [2.75, 3.05) is 0 Å². The Morgan fingerprint density at radius 2 is 2.37 bits per heavy atom. The van der Waals surface area contributed by atoms with E-state index in [2.05, 4.69) is 10.3 Å². The van der Waals surface area contributed by atoms with Gasteiger partial charge >= 0.3 is 0 Å². The molecule has 0 spiro atoms. The van der Waals surface area contributed by atoms with Gasteiger partial charge in [0.15, 0.2) is 0 Å². The van der Waals surface area contributed by atoms with E-state index in [1.165, 1.54) is 6.20 Å². The third-order valence-electron chi connectivity index (χ3n) is 3.31. The van der Waals surface area contributed by atoms with Crippen molar-refractivity contribution in [3.63, 3.8) is 0 Å². The predicted octanol–water partition coefficient (Wildman–Crippen LogP) is 3.14. The van der Waals surface area contributed by atoms with Crippen molar-refractivity contribution in [1.29, 1.82) is 0 Å². The van der Waals surface area contributed by atoms with E-state index in [9.17, 15) is 4.79 Å². The number of halogens is 1. The summed E-state index contributed by atoms with van der Waals surface area (Å²) in [5.74, 6) is 0.761. The van der Waals surface area contributed by atoms with Crippen molar-refractivity contribution in [1.82, 2.24) is 10.3 Å². The Labute approximate surface area is 115 Å². The van der Waals surface area contributed by atoms with E-state index >= 15 is 0 Å². The SMILES string of the molecule is O=C(NC1CCCc2occc21)c1cc(Cl)ccn1. The van der Waals surface area contributed by atoms with Gasteiger partial charge in [0.2, 0.25) is 0 Å². The molecule has 3 rings (SSSR count). The van der Waals surface area contributed by atoms with E-state index in [1.807, 2.05) is 6.07 Å². The number of carbonyl (C=O) groups excluding carboxylic acids is 1. The number of carbonyl (C=O) groups is 1. The second-order valence-corrected chi connectivity index (χ2v) is 5.01. The Hall–Kier alpha value is -1.81. The molecule has 0 aromatic carbocycles. The fourth-order valence-corrected chi connectivity index (χ4v) is 2.56. The summed E-state index contributed by atoms with van der Waals surface area (Å²) in [5.41, 5.74) is 1.41. The Kier molecular flexibility index (Phi) is 3.25. The highest BCUT2D eigenvalue weighted by molar-refractivity contribution is 6.30. The van der Waals surface area contributed by atoms with E-state index in [1.54, 1.807) is 18.4 Å². The van der Waals surface area contributed by atoms with E-state index in [0.29, 0.717) is 10.7 Å². The topological polar surface area (TPSA) is 55.1 Å². The van der Waals surface area contributed by atoms with Crippen LogP contribution in [0.15, 0.2) is 35.1 Å². The Bertz CT molecular complexity index is 609. The molecule has 1 N–H and O–H groups in total. The third kappa shape index (κ3) is 2.49. The van der Waals surface area contributed by atoms with Crippen LogP contribution in [0.5, 0.6) is 0 Å². The van der Waals surface area contributed by atoms with E-state index in [0.717, 1.165) is 30.6 Å². The molecule has 1 aliphatic rings. The maximum Gasteiger partial charge on any atom is 0.270 e. The Morgan fingerprint density at radius 3 is 3.21 bits per heavy atom. The largest absolute Gasteiger partial charge is 0.469 e. The van der Waals surface area contributed by atoms with Crippen molar-refractivity contribution in [2.45, 2.75) is 25.3 Å². The summed E-state index contributed by atoms with van der Waals surface area (Å²) in [5, 5.41) is 3.49. The highest BCUT2D eigenvalue weighted by Gasteiger charge is 2.24. The second-order valence-electron chi connectivity index (χ2n) is 4.58. The lowest BCUT2D eigenvalue weighted by molar-refractivity contribution is 0.0927. The lowest BCUT2D eigenvalue weighted by Crippen LogP contribution is -2.31. The van der Waals surface area contributed by atoms with Crippen LogP contribution in [0.1, 0.15) is 40.7 Å². The molecule has 19 heavy (non-hydrogen) atoms. The maximum atomic E-state index is 12.1. The average molecular weight is 277 g/mol. The number of pyridine rings is 1. The standard InChI is InChI=1S/C14H13ClN2O2/c15-9-4-6-16-12(8-9)14(18)17-11-2-1-3-13-10(11)5-7-19-13/h4-8,11H,1-3H2,(H,17,18). The van der Waals surface area contributed by atoms with Crippen molar-refractivity contribution in [3.8, 4) is 0 Å². The quantitative estimate of drug-likeness (QED) is 0.917. The first-order valence-corrected chi connectivity index (χ1v) is 6.60. The second kappa shape index (κ2) is 5.05. The maximum absolute atomic E-state index is 12.1. The number of aromatic nitrogens is 1. The normalized spacial score (nSPS) is 17.8. The minimum atomic E-state index is -0.207. The van der Waals surface area contributed by atoms with Crippen molar-refractivity contribution in [3.05, 3.63) is 52.7 Å². The molecule has 0 aliphatic heterocycles. The average Bonchev–Trinajstić information content (AvgIpc) is 2.88. The number of nitrogens with one attached hydrogen (secondary N) is 1. The highest BCUT2D eigenvalue weighted by atomic mass is 35.5. The molecule has 2 aromatic heterocycles. The van der Waals surface area contributed by atoms with Crippen LogP contribution in [0.3, 0.4) is 0 Å². The molecule has 98 valence electrons. The molecule has 5 heteroatoms. The smallest absolute Gasteiger partial charge is 0.270 e. The van der Waals surface area contributed by atoms with Crippen LogP contribution in [0.4, 0.5) is 0 Å². The lowest BCUT2D eigenvalue weighted by Gasteiger charge is -2.22. The van der Waals surface area contributed by atoms with Crippen LogP contribution >= 0.6 is 11.6 Å². The molecule has 0 saturated carbocycles. The first-order valence-electron chi connectivity index (χ1n) is 6.23. The number of aryl methyl sites for hydroxylation is 1. The number of nitrogens with zero attached hydrogens (tertiary/aromatic N) is 1. The molecule has 0 radical (unpaired) electrons. The Balaban J connectivity index is 1.78. The van der Waals surface area contributed by atoms with Crippen LogP contribution in [0.25, 0.3) is 0 Å². The number of hydrogen-bond donors (Lipinski definition) is 1. The van der Waals surface area contributed by atoms with Crippen LogP contribution < -0.4 is 5.32 Å². The predicted molar refractivity (Wildman–Crippen MR) is 71.1 cm³/mol. The van der Waals surface area contributed by atoms with Crippen LogP contribution in [0, 0.1) is 0 Å². The zero-order chi connectivity index (χ0) is 13.2. The van der Waals surface area contributed by atoms with E-state index in [-0.39, 0.29) is 11.9 Å². The van der Waals surface area contributed by atoms with Crippen molar-refractivity contribution >= 4 is 17.5 Å². The highest BCUT2D eigenvalue weighted by Crippen LogP contribution is 2.30. The van der Waals surface area contributed by atoms with Gasteiger partial charge in [-0.15, -0.1) is 0 Å². The number of amides is 1. The summed E-state index contributed by atoms with van der Waals surface area (Å²) in [4.78, 5) is 16.2. The first kappa shape index (κ1) is 12.2. The van der Waals surface area contributed by atoms with Gasteiger partial charge in [0, 0.05) is 23.2 Å². The van der Waals surface area contributed by atoms with Gasteiger partial charge in [0.25, 0.3) is 5.91 Å². The molecule has 1 unspecified atom stereocenters. The molecule has 2 aromatic rings. The Morgan fingerprint density at radius 1 is 1.47 bits per heavy atom. The van der Waals surface area contributed by atoms with Crippen molar-refractivity contribution in [2.24, 2.45) is 0 Å². The zero-order valence-corrected chi connectivity index (χ0v) is 11.0. The summed E-state index contributed by atoms with van der Waals surface area (Å²) in [6, 6.07) is 5.13. The summed E-state index contributed by atoms with van der Waals surface area (Å²) < 4.78 is 5.40. The molecular formula is C14H13ClN2O2. The van der Waals surface area contributed by atoms with Gasteiger partial charge in [-0.05, 0) is 31.0 Å². The zero-order valence-electron chi connectivity index (χ0n) is 10.2. The molecule has 0 bridgehead atoms. The number of furan rings is 1. The summed E-state index contributed by atoms with van der Waals surface area (Å²) >= 11 is 5.86. The molecule has 0 saturated heterocycles. The van der Waals surface area contributed by atoms with Gasteiger partial charge in [-0.1, -0.05) is 11.6 Å². The number of hydrogen-bond acceptors (Lipinski definition) is 3. The molecular weight excluding hydrogens is 264 g/mol.